The van der Waals surface area contributed by atoms with Crippen LogP contribution in [0.15, 0.2) is 42.5 Å². The second kappa shape index (κ2) is 14.0. The lowest BCUT2D eigenvalue weighted by Crippen LogP contribution is -2.55. The first-order valence-corrected chi connectivity index (χ1v) is 15.0. The number of hydrogen-bond acceptors (Lipinski definition) is 12. The number of aliphatic hydroxyl groups is 2. The fourth-order valence-corrected chi connectivity index (χ4v) is 6.78. The highest BCUT2D eigenvalue weighted by Crippen LogP contribution is 2.52. The Morgan fingerprint density at radius 3 is 2.33 bits per heavy atom. The summed E-state index contributed by atoms with van der Waals surface area (Å²) in [5, 5.41) is 48.9. The molecule has 0 aromatic heterocycles. The van der Waals surface area contributed by atoms with E-state index in [1.54, 1.807) is 19.1 Å². The molecule has 1 aliphatic heterocycles. The van der Waals surface area contributed by atoms with Gasteiger partial charge >= 0.3 is 0 Å². The Kier molecular flexibility index (Phi) is 10.8. The van der Waals surface area contributed by atoms with E-state index in [-0.39, 0.29) is 65.7 Å². The van der Waals surface area contributed by atoms with Gasteiger partial charge < -0.3 is 45.7 Å². The number of phenols is 2. The Bertz CT molecular complexity index is 1740. The van der Waals surface area contributed by atoms with E-state index in [0.29, 0.717) is 12.2 Å². The topological polar surface area (TPSA) is 198 Å². The van der Waals surface area contributed by atoms with Crippen LogP contribution in [0.4, 0.5) is 5.69 Å². The second-order valence-corrected chi connectivity index (χ2v) is 12.2. The highest BCUT2D eigenvalue weighted by atomic mass is 35.5. The maximum atomic E-state index is 13.8. The van der Waals surface area contributed by atoms with Crippen molar-refractivity contribution < 1.29 is 49.0 Å². The molecule has 0 amide bonds. The minimum Gasteiger partial charge on any atom is -0.507 e. The maximum Gasteiger partial charge on any atom is 0.202 e. The number of ketones is 3. The van der Waals surface area contributed by atoms with Crippen molar-refractivity contribution in [2.45, 2.75) is 75.9 Å². The highest BCUT2D eigenvalue weighted by Gasteiger charge is 2.49. The van der Waals surface area contributed by atoms with Crippen molar-refractivity contribution in [1.29, 1.82) is 0 Å². The average Bonchev–Trinajstić information content (AvgIpc) is 3.01. The molecular weight excluding hydrogens is 667 g/mol. The lowest BCUT2D eigenvalue weighted by molar-refractivity contribution is -0.246. The van der Waals surface area contributed by atoms with E-state index < -0.39 is 82.6 Å². The second-order valence-electron chi connectivity index (χ2n) is 12.2. The molecule has 1 fully saturated rings. The number of ether oxygens (including phenoxy) is 3. The van der Waals surface area contributed by atoms with Gasteiger partial charge in [-0.25, -0.2) is 0 Å². The first kappa shape index (κ1) is 37.1. The van der Waals surface area contributed by atoms with Gasteiger partial charge in [-0.15, -0.1) is 24.8 Å². The Morgan fingerprint density at radius 1 is 1.04 bits per heavy atom. The number of phenolic OH excluding ortho intramolecular Hbond substituents is 2. The van der Waals surface area contributed by atoms with E-state index in [9.17, 15) is 34.8 Å². The Hall–Kier alpha value is -3.75. The molecule has 0 saturated carbocycles. The van der Waals surface area contributed by atoms with Crippen molar-refractivity contribution in [2.24, 2.45) is 0 Å². The number of Topliss-reactive ketones (excluding diaryl/α,β-unsaturated/α-hetero) is 1. The van der Waals surface area contributed by atoms with Crippen molar-refractivity contribution in [2.75, 3.05) is 12.8 Å². The molecule has 0 radical (unpaired) electrons. The van der Waals surface area contributed by atoms with Crippen LogP contribution in [0.1, 0.15) is 81.3 Å². The largest absolute Gasteiger partial charge is 0.507 e. The number of anilines is 1. The van der Waals surface area contributed by atoms with Gasteiger partial charge in [-0.3, -0.25) is 14.4 Å². The number of nitrogen functional groups attached to an aromatic ring is 1. The molecule has 2 aliphatic carbocycles. The summed E-state index contributed by atoms with van der Waals surface area (Å²) in [6.07, 6.45) is -4.57. The van der Waals surface area contributed by atoms with Crippen LogP contribution in [0, 0.1) is 0 Å². The number of aromatic hydroxyl groups is 2. The van der Waals surface area contributed by atoms with Crippen molar-refractivity contribution >= 4 is 47.9 Å². The summed E-state index contributed by atoms with van der Waals surface area (Å²) in [7, 11) is 1.34. The highest BCUT2D eigenvalue weighted by molar-refractivity contribution is 6.31. The third-order valence-corrected chi connectivity index (χ3v) is 9.29. The van der Waals surface area contributed by atoms with Crippen molar-refractivity contribution in [3.05, 3.63) is 81.4 Å². The van der Waals surface area contributed by atoms with Crippen molar-refractivity contribution in [3.8, 4) is 17.2 Å². The molecule has 0 spiro atoms. The Labute approximate surface area is 289 Å². The van der Waals surface area contributed by atoms with E-state index in [1.807, 2.05) is 12.1 Å². The summed E-state index contributed by atoms with van der Waals surface area (Å²) in [6, 6.07) is 11.3. The zero-order chi connectivity index (χ0) is 33.1. The molecule has 6 atom stereocenters. The third kappa shape index (κ3) is 6.25. The third-order valence-electron chi connectivity index (χ3n) is 9.29. The van der Waals surface area contributed by atoms with E-state index in [4.69, 9.17) is 19.9 Å². The summed E-state index contributed by atoms with van der Waals surface area (Å²) in [6.45, 7) is 3.39. The van der Waals surface area contributed by atoms with Crippen LogP contribution in [-0.2, 0) is 27.2 Å². The van der Waals surface area contributed by atoms with Gasteiger partial charge in [0, 0.05) is 48.2 Å². The standard InChI is InChI=1S/C34H36N2O10.2ClH/c1-15-29(36-14-17-7-9-18(35)10-8-17)21(38)11-24(45-15)46-23-13-34(43,16(2)37)12-20-26(23)33(42)28-27(31(20)40)30(39)19-5-4-6-22(44-3)25(19)32(28)41;;/h4-10,15,21,23-24,29,36,38,40,42-43H,11-14,35H2,1-3H3;2*1H/t15-,21-,23-,24-,29+,34-;;/m0../s1. The SMILES string of the molecule is COc1cccc2c1C(=O)c1c(O)c3c(c(O)c1C2=O)C[C@@](O)(C(C)=O)C[C@@H]3O[C@H]1C[C@H](O)[C@H](NCc2ccc(N)cc2)[C@H](C)O1.Cl.Cl. The van der Waals surface area contributed by atoms with Gasteiger partial charge in [0.05, 0.1) is 48.2 Å². The number of nitrogens with two attached hydrogens (primary N) is 1. The number of aliphatic hydroxyl groups excluding tert-OH is 1. The molecule has 1 saturated heterocycles. The molecule has 1 heterocycles. The van der Waals surface area contributed by atoms with Gasteiger partial charge in [0.2, 0.25) is 5.78 Å². The van der Waals surface area contributed by atoms with Crippen LogP contribution < -0.4 is 15.8 Å². The lowest BCUT2D eigenvalue weighted by atomic mass is 9.72. The number of benzene rings is 3. The monoisotopic (exact) mass is 704 g/mol. The number of carbonyl (C=O) groups is 3. The predicted molar refractivity (Wildman–Crippen MR) is 178 cm³/mol. The number of nitrogens with one attached hydrogen (secondary N) is 1. The van der Waals surface area contributed by atoms with Crippen LogP contribution in [0.25, 0.3) is 0 Å². The molecule has 7 N–H and O–H groups in total. The quantitative estimate of drug-likeness (QED) is 0.121. The minimum absolute atomic E-state index is 0. The summed E-state index contributed by atoms with van der Waals surface area (Å²) in [5.74, 6) is -3.20. The van der Waals surface area contributed by atoms with Crippen molar-refractivity contribution in [3.63, 3.8) is 0 Å². The van der Waals surface area contributed by atoms with E-state index in [2.05, 4.69) is 5.32 Å². The van der Waals surface area contributed by atoms with Crippen LogP contribution in [0.2, 0.25) is 0 Å². The fourth-order valence-electron chi connectivity index (χ4n) is 6.78. The number of methoxy groups -OCH3 is 1. The molecule has 12 nitrogen and oxygen atoms in total. The number of rotatable bonds is 7. The molecule has 3 aliphatic rings. The molecule has 14 heteroatoms. The van der Waals surface area contributed by atoms with Crippen LogP contribution >= 0.6 is 24.8 Å². The number of halogens is 2. The Morgan fingerprint density at radius 2 is 1.71 bits per heavy atom. The van der Waals surface area contributed by atoms with E-state index in [1.165, 1.54) is 32.2 Å². The van der Waals surface area contributed by atoms with Crippen molar-refractivity contribution in [1.82, 2.24) is 5.32 Å². The van der Waals surface area contributed by atoms with Gasteiger partial charge in [0.25, 0.3) is 0 Å². The predicted octanol–water partition coefficient (Wildman–Crippen LogP) is 3.29. The van der Waals surface area contributed by atoms with Gasteiger partial charge in [0.1, 0.15) is 22.8 Å². The van der Waals surface area contributed by atoms with E-state index >= 15 is 0 Å². The summed E-state index contributed by atoms with van der Waals surface area (Å²) < 4.78 is 17.7. The van der Waals surface area contributed by atoms with Crippen LogP contribution in [0.5, 0.6) is 17.2 Å². The smallest absolute Gasteiger partial charge is 0.202 e. The maximum absolute atomic E-state index is 13.8. The number of carbonyl (C=O) groups excluding carboxylic acids is 3. The minimum atomic E-state index is -2.03. The molecule has 0 unspecified atom stereocenters. The van der Waals surface area contributed by atoms with Gasteiger partial charge in [0.15, 0.2) is 17.9 Å². The average molecular weight is 706 g/mol. The first-order chi connectivity index (χ1) is 21.8. The normalized spacial score (nSPS) is 25.9. The first-order valence-electron chi connectivity index (χ1n) is 15.0. The molecule has 3 aromatic rings. The van der Waals surface area contributed by atoms with E-state index in [0.717, 1.165) is 5.56 Å². The van der Waals surface area contributed by atoms with Gasteiger partial charge in [-0.1, -0.05) is 24.3 Å². The van der Waals surface area contributed by atoms with Gasteiger partial charge in [-0.2, -0.15) is 0 Å². The zero-order valence-electron chi connectivity index (χ0n) is 26.4. The number of fused-ring (bicyclic) bond motifs is 3. The number of hydrogen-bond donors (Lipinski definition) is 6. The van der Waals surface area contributed by atoms with Gasteiger partial charge in [-0.05, 0) is 37.6 Å². The Balaban J connectivity index is 0.00000260. The fraction of sp³-hybridized carbons (Fsp3) is 0.382. The molecule has 258 valence electrons. The molecule has 6 rings (SSSR count). The lowest BCUT2D eigenvalue weighted by Gasteiger charge is -2.43. The van der Waals surface area contributed by atoms with Crippen LogP contribution in [-0.4, -0.2) is 75.0 Å². The summed E-state index contributed by atoms with van der Waals surface area (Å²) in [5.41, 5.74) is 4.26. The van der Waals surface area contributed by atoms with Crippen LogP contribution in [0.3, 0.4) is 0 Å². The zero-order valence-corrected chi connectivity index (χ0v) is 28.0. The molecule has 0 bridgehead atoms. The summed E-state index contributed by atoms with van der Waals surface area (Å²) in [4.78, 5) is 40.1. The summed E-state index contributed by atoms with van der Waals surface area (Å²) >= 11 is 0. The molecule has 48 heavy (non-hydrogen) atoms. The molecular formula is C34H38Cl2N2O10. The molecule has 3 aromatic carbocycles.